The number of aromatic amines is 1. The van der Waals surface area contributed by atoms with E-state index in [1.54, 1.807) is 20.1 Å². The third-order valence-corrected chi connectivity index (χ3v) is 7.30. The van der Waals surface area contributed by atoms with Gasteiger partial charge < -0.3 is 19.7 Å². The van der Waals surface area contributed by atoms with Crippen molar-refractivity contribution < 1.29 is 14.2 Å². The summed E-state index contributed by atoms with van der Waals surface area (Å²) < 4.78 is 18.7. The second-order valence-corrected chi connectivity index (χ2v) is 9.80. The molecule has 8 heteroatoms. The molecule has 2 heterocycles. The average molecular weight is 520 g/mol. The zero-order chi connectivity index (χ0) is 26.5. The maximum absolute atomic E-state index is 13.4. The Morgan fingerprint density at radius 1 is 1.08 bits per heavy atom. The predicted molar refractivity (Wildman–Crippen MR) is 147 cm³/mol. The van der Waals surface area contributed by atoms with Crippen molar-refractivity contribution in [3.8, 4) is 22.6 Å². The molecule has 192 valence electrons. The summed E-state index contributed by atoms with van der Waals surface area (Å²) in [5, 5.41) is 11.4. The van der Waals surface area contributed by atoms with Crippen LogP contribution in [-0.4, -0.2) is 29.2 Å². The number of rotatable bonds is 9. The number of aromatic nitrogens is 2. The quantitative estimate of drug-likeness (QED) is 0.235. The van der Waals surface area contributed by atoms with Gasteiger partial charge in [0.15, 0.2) is 5.75 Å². The molecule has 0 saturated heterocycles. The molecule has 37 heavy (non-hydrogen) atoms. The lowest BCUT2D eigenvalue weighted by Crippen LogP contribution is -2.19. The van der Waals surface area contributed by atoms with Crippen LogP contribution in [0.4, 0.5) is 15.8 Å². The summed E-state index contributed by atoms with van der Waals surface area (Å²) in [5.41, 5.74) is 4.12. The molecule has 0 amide bonds. The molecule has 0 saturated carbocycles. The predicted octanol–water partition coefficient (Wildman–Crippen LogP) is 6.86. The van der Waals surface area contributed by atoms with Crippen molar-refractivity contribution in [3.05, 3.63) is 88.4 Å². The summed E-state index contributed by atoms with van der Waals surface area (Å²) in [6, 6.07) is 18.1. The minimum Gasteiger partial charge on any atom is -0.504 e. The number of hydrogen-bond donors (Lipinski definition) is 2. The van der Waals surface area contributed by atoms with Crippen LogP contribution in [0.15, 0.2) is 75.2 Å². The van der Waals surface area contributed by atoms with E-state index in [-0.39, 0.29) is 16.2 Å². The Labute approximate surface area is 220 Å². The van der Waals surface area contributed by atoms with Crippen LogP contribution in [-0.2, 0) is 6.42 Å². The Bertz CT molecular complexity index is 1440. The van der Waals surface area contributed by atoms with Crippen molar-refractivity contribution in [2.75, 3.05) is 19.1 Å². The number of aromatic hydroxyl groups is 1. The third-order valence-electron chi connectivity index (χ3n) is 6.21. The van der Waals surface area contributed by atoms with Gasteiger partial charge in [0.25, 0.3) is 5.56 Å². The van der Waals surface area contributed by atoms with Crippen LogP contribution in [0.25, 0.3) is 11.1 Å². The normalized spacial score (nSPS) is 10.9. The molecule has 0 spiro atoms. The third kappa shape index (κ3) is 5.80. The van der Waals surface area contributed by atoms with Gasteiger partial charge >= 0.3 is 0 Å². The first-order valence-electron chi connectivity index (χ1n) is 12.1. The second kappa shape index (κ2) is 11.5. The second-order valence-electron chi connectivity index (χ2n) is 8.71. The molecule has 6 nitrogen and oxygen atoms in total. The van der Waals surface area contributed by atoms with Crippen LogP contribution in [0.3, 0.4) is 0 Å². The van der Waals surface area contributed by atoms with E-state index < -0.39 is 5.95 Å². The first-order chi connectivity index (χ1) is 17.8. The van der Waals surface area contributed by atoms with E-state index in [4.69, 9.17) is 4.74 Å². The highest BCUT2D eigenvalue weighted by Crippen LogP contribution is 2.42. The fourth-order valence-corrected chi connectivity index (χ4v) is 5.04. The van der Waals surface area contributed by atoms with Gasteiger partial charge in [-0.3, -0.25) is 4.79 Å². The standard InChI is InChI=1S/C29H30FN3O3S/c1-5-6-7-24-26(33(3)20-10-12-21(36-4)13-11-20)27(34)28(29(35)32-24)37-22-14-8-19(9-15-22)23-16-17-25(30)31-18(23)2/h8-17H,5-7H2,1-4H3,(H2,32,34,35). The number of H-pyrrole nitrogens is 1. The Morgan fingerprint density at radius 2 is 1.78 bits per heavy atom. The highest BCUT2D eigenvalue weighted by molar-refractivity contribution is 7.99. The molecule has 0 bridgehead atoms. The van der Waals surface area contributed by atoms with Crippen molar-refractivity contribution in [2.45, 2.75) is 42.9 Å². The molecule has 0 atom stereocenters. The van der Waals surface area contributed by atoms with E-state index >= 15 is 0 Å². The van der Waals surface area contributed by atoms with Crippen molar-refractivity contribution in [1.82, 2.24) is 9.97 Å². The molecule has 4 rings (SSSR count). The summed E-state index contributed by atoms with van der Waals surface area (Å²) >= 11 is 1.20. The lowest BCUT2D eigenvalue weighted by molar-refractivity contribution is 0.415. The number of halogens is 1. The minimum absolute atomic E-state index is 0.0548. The van der Waals surface area contributed by atoms with Gasteiger partial charge in [-0.1, -0.05) is 37.2 Å². The first-order valence-corrected chi connectivity index (χ1v) is 12.9. The van der Waals surface area contributed by atoms with E-state index in [0.29, 0.717) is 23.5 Å². The van der Waals surface area contributed by atoms with E-state index in [9.17, 15) is 14.3 Å². The Balaban J connectivity index is 1.69. The van der Waals surface area contributed by atoms with Gasteiger partial charge in [-0.25, -0.2) is 4.98 Å². The van der Waals surface area contributed by atoms with Gasteiger partial charge in [-0.05, 0) is 73.9 Å². The number of nitrogens with zero attached hydrogens (tertiary/aromatic N) is 2. The van der Waals surface area contributed by atoms with Crippen LogP contribution in [0.5, 0.6) is 11.5 Å². The number of benzene rings is 2. The first kappa shape index (κ1) is 26.3. The number of unbranched alkanes of at least 4 members (excludes halogenated alkanes) is 1. The maximum atomic E-state index is 13.4. The fraction of sp³-hybridized carbons (Fsp3) is 0.241. The van der Waals surface area contributed by atoms with E-state index in [0.717, 1.165) is 40.3 Å². The highest BCUT2D eigenvalue weighted by atomic mass is 32.2. The van der Waals surface area contributed by atoms with Gasteiger partial charge in [0.05, 0.1) is 7.11 Å². The van der Waals surface area contributed by atoms with Crippen molar-refractivity contribution in [3.63, 3.8) is 0 Å². The number of pyridine rings is 2. The number of ether oxygens (including phenoxy) is 1. The topological polar surface area (TPSA) is 78.5 Å². The molecule has 0 fully saturated rings. The highest BCUT2D eigenvalue weighted by Gasteiger charge is 2.22. The van der Waals surface area contributed by atoms with Gasteiger partial charge in [0, 0.05) is 34.6 Å². The van der Waals surface area contributed by atoms with Gasteiger partial charge in [-0.15, -0.1) is 0 Å². The van der Waals surface area contributed by atoms with Crippen molar-refractivity contribution in [2.24, 2.45) is 0 Å². The summed E-state index contributed by atoms with van der Waals surface area (Å²) in [5.74, 6) is 0.169. The minimum atomic E-state index is -0.513. The molecule has 0 unspecified atom stereocenters. The molecule has 4 aromatic rings. The van der Waals surface area contributed by atoms with Crippen LogP contribution in [0.2, 0.25) is 0 Å². The van der Waals surface area contributed by atoms with Crippen LogP contribution in [0, 0.1) is 12.9 Å². The molecular weight excluding hydrogens is 489 g/mol. The van der Waals surface area contributed by atoms with Crippen molar-refractivity contribution >= 4 is 23.1 Å². The summed E-state index contributed by atoms with van der Waals surface area (Å²) in [7, 11) is 3.48. The van der Waals surface area contributed by atoms with E-state index in [2.05, 4.69) is 16.9 Å². The molecule has 0 aliphatic heterocycles. The molecule has 0 radical (unpaired) electrons. The van der Waals surface area contributed by atoms with Crippen LogP contribution >= 0.6 is 11.8 Å². The smallest absolute Gasteiger partial charge is 0.266 e. The summed E-state index contributed by atoms with van der Waals surface area (Å²) in [4.78, 5) is 22.9. The van der Waals surface area contributed by atoms with Gasteiger partial charge in [-0.2, -0.15) is 4.39 Å². The maximum Gasteiger partial charge on any atom is 0.266 e. The zero-order valence-corrected chi connectivity index (χ0v) is 22.2. The number of hydrogen-bond acceptors (Lipinski definition) is 6. The van der Waals surface area contributed by atoms with E-state index in [1.165, 1.54) is 17.8 Å². The number of methoxy groups -OCH3 is 1. The molecule has 2 N–H and O–H groups in total. The zero-order valence-electron chi connectivity index (χ0n) is 21.3. The summed E-state index contributed by atoms with van der Waals surface area (Å²) in [6.07, 6.45) is 2.48. The Kier molecular flexibility index (Phi) is 8.18. The fourth-order valence-electron chi connectivity index (χ4n) is 4.19. The SMILES string of the molecule is CCCCc1[nH]c(=O)c(Sc2ccc(-c3ccc(F)nc3C)cc2)c(O)c1N(C)c1ccc(OC)cc1. The van der Waals surface area contributed by atoms with Crippen LogP contribution in [0.1, 0.15) is 31.2 Å². The van der Waals surface area contributed by atoms with E-state index in [1.807, 2.05) is 60.5 Å². The van der Waals surface area contributed by atoms with Gasteiger partial charge in [0.1, 0.15) is 16.3 Å². The monoisotopic (exact) mass is 519 g/mol. The molecular formula is C29H30FN3O3S. The molecule has 0 aliphatic rings. The van der Waals surface area contributed by atoms with Crippen LogP contribution < -0.4 is 15.2 Å². The van der Waals surface area contributed by atoms with Crippen molar-refractivity contribution in [1.29, 1.82) is 0 Å². The summed E-state index contributed by atoms with van der Waals surface area (Å²) in [6.45, 7) is 3.85. The lowest BCUT2D eigenvalue weighted by Gasteiger charge is -2.25. The average Bonchev–Trinajstić information content (AvgIpc) is 2.90. The molecule has 0 aliphatic carbocycles. The number of aryl methyl sites for hydroxylation is 2. The molecule has 2 aromatic carbocycles. The Morgan fingerprint density at radius 3 is 2.41 bits per heavy atom. The lowest BCUT2D eigenvalue weighted by atomic mass is 10.1. The van der Waals surface area contributed by atoms with Gasteiger partial charge in [0.2, 0.25) is 5.95 Å². The Hall–Kier alpha value is -3.78. The number of anilines is 2. The largest absolute Gasteiger partial charge is 0.504 e. The number of nitrogens with one attached hydrogen (secondary N) is 1. The molecule has 2 aromatic heterocycles.